The van der Waals surface area contributed by atoms with Crippen molar-refractivity contribution in [2.24, 2.45) is 0 Å². The van der Waals surface area contributed by atoms with E-state index in [4.69, 9.17) is 11.6 Å². The molecule has 0 bridgehead atoms. The number of aromatic nitrogens is 1. The summed E-state index contributed by atoms with van der Waals surface area (Å²) in [5.41, 5.74) is 3.31. The molecular formula is C27H25Cl2N3O3S. The van der Waals surface area contributed by atoms with Crippen molar-refractivity contribution in [3.05, 3.63) is 95.1 Å². The lowest BCUT2D eigenvalue weighted by Crippen LogP contribution is -2.50. The van der Waals surface area contributed by atoms with E-state index in [1.165, 1.54) is 4.31 Å². The summed E-state index contributed by atoms with van der Waals surface area (Å²) < 4.78 is 27.9. The fourth-order valence-electron chi connectivity index (χ4n) is 4.31. The third-order valence-electron chi connectivity index (χ3n) is 6.25. The Morgan fingerprint density at radius 2 is 1.53 bits per heavy atom. The summed E-state index contributed by atoms with van der Waals surface area (Å²) in [6.07, 6.45) is 0. The van der Waals surface area contributed by atoms with Crippen LogP contribution in [0.4, 0.5) is 0 Å². The van der Waals surface area contributed by atoms with Crippen molar-refractivity contribution < 1.29 is 13.2 Å². The summed E-state index contributed by atoms with van der Waals surface area (Å²) in [7, 11) is -3.66. The molecule has 1 aliphatic rings. The fourth-order valence-corrected chi connectivity index (χ4v) is 5.94. The van der Waals surface area contributed by atoms with E-state index in [0.29, 0.717) is 23.7 Å². The highest BCUT2D eigenvalue weighted by Crippen LogP contribution is 2.25. The van der Waals surface area contributed by atoms with Gasteiger partial charge in [0.2, 0.25) is 10.0 Å². The van der Waals surface area contributed by atoms with Gasteiger partial charge in [-0.2, -0.15) is 4.31 Å². The Bertz CT molecular complexity index is 1520. The van der Waals surface area contributed by atoms with E-state index in [1.807, 2.05) is 49.4 Å². The molecule has 0 unspecified atom stereocenters. The van der Waals surface area contributed by atoms with Gasteiger partial charge < -0.3 is 4.90 Å². The van der Waals surface area contributed by atoms with E-state index in [-0.39, 0.29) is 36.3 Å². The van der Waals surface area contributed by atoms with Crippen LogP contribution in [0.15, 0.2) is 83.8 Å². The molecule has 0 N–H and O–H groups in total. The number of sulfonamides is 1. The van der Waals surface area contributed by atoms with E-state index in [2.05, 4.69) is 4.98 Å². The van der Waals surface area contributed by atoms with E-state index >= 15 is 0 Å². The minimum Gasteiger partial charge on any atom is -0.336 e. The van der Waals surface area contributed by atoms with Crippen LogP contribution in [0, 0.1) is 6.92 Å². The predicted octanol–water partition coefficient (Wildman–Crippen LogP) is 5.43. The van der Waals surface area contributed by atoms with Crippen LogP contribution in [0.2, 0.25) is 5.02 Å². The highest BCUT2D eigenvalue weighted by atomic mass is 35.5. The second-order valence-corrected chi connectivity index (χ2v) is 11.0. The Balaban J connectivity index is 0.00000304. The van der Waals surface area contributed by atoms with Crippen LogP contribution in [0.3, 0.4) is 0 Å². The topological polar surface area (TPSA) is 70.6 Å². The maximum atomic E-state index is 13.2. The number of benzene rings is 3. The Kier molecular flexibility index (Phi) is 7.66. The fraction of sp³-hybridized carbons (Fsp3) is 0.185. The first-order valence-corrected chi connectivity index (χ1v) is 13.2. The van der Waals surface area contributed by atoms with E-state index < -0.39 is 10.0 Å². The minimum absolute atomic E-state index is 0. The van der Waals surface area contributed by atoms with Gasteiger partial charge in [-0.05, 0) is 66.2 Å². The van der Waals surface area contributed by atoms with Crippen molar-refractivity contribution >= 4 is 50.7 Å². The molecular weight excluding hydrogens is 517 g/mol. The first-order chi connectivity index (χ1) is 16.8. The average molecular weight is 542 g/mol. The molecule has 1 aliphatic heterocycles. The van der Waals surface area contributed by atoms with Crippen LogP contribution >= 0.6 is 24.0 Å². The lowest BCUT2D eigenvalue weighted by atomic mass is 10.1. The van der Waals surface area contributed by atoms with Gasteiger partial charge in [0, 0.05) is 48.0 Å². The number of piperazine rings is 1. The minimum atomic E-state index is -3.66. The molecule has 1 aromatic heterocycles. The summed E-state index contributed by atoms with van der Waals surface area (Å²) in [4.78, 5) is 19.5. The third-order valence-corrected chi connectivity index (χ3v) is 8.38. The third kappa shape index (κ3) is 5.25. The van der Waals surface area contributed by atoms with E-state index in [9.17, 15) is 13.2 Å². The number of nitrogens with zero attached hydrogens (tertiary/aromatic N) is 3. The molecule has 2 heterocycles. The zero-order chi connectivity index (χ0) is 24.6. The molecule has 1 saturated heterocycles. The quantitative estimate of drug-likeness (QED) is 0.345. The average Bonchev–Trinajstić information content (AvgIpc) is 2.88. The van der Waals surface area contributed by atoms with Gasteiger partial charge in [0.05, 0.1) is 10.6 Å². The van der Waals surface area contributed by atoms with Gasteiger partial charge in [-0.3, -0.25) is 9.78 Å². The summed E-state index contributed by atoms with van der Waals surface area (Å²) in [5.74, 6) is -0.103. The number of halogens is 2. The van der Waals surface area contributed by atoms with Crippen LogP contribution in [0.5, 0.6) is 0 Å². The van der Waals surface area contributed by atoms with Gasteiger partial charge in [-0.15, -0.1) is 12.4 Å². The van der Waals surface area contributed by atoms with Crippen molar-refractivity contribution in [2.75, 3.05) is 26.2 Å². The Morgan fingerprint density at radius 3 is 2.22 bits per heavy atom. The summed E-state index contributed by atoms with van der Waals surface area (Å²) in [5, 5.41) is 2.31. The van der Waals surface area contributed by atoms with Crippen LogP contribution < -0.4 is 0 Å². The van der Waals surface area contributed by atoms with Gasteiger partial charge in [0.1, 0.15) is 0 Å². The maximum Gasteiger partial charge on any atom is 0.253 e. The zero-order valence-electron chi connectivity index (χ0n) is 19.6. The Hall–Kier alpha value is -2.97. The number of hydrogen-bond donors (Lipinski definition) is 0. The predicted molar refractivity (Wildman–Crippen MR) is 145 cm³/mol. The van der Waals surface area contributed by atoms with Gasteiger partial charge in [0.25, 0.3) is 5.91 Å². The van der Waals surface area contributed by atoms with E-state index in [0.717, 1.165) is 27.7 Å². The molecule has 5 rings (SSSR count). The number of amides is 1. The molecule has 0 aliphatic carbocycles. The van der Waals surface area contributed by atoms with Gasteiger partial charge in [-0.1, -0.05) is 41.9 Å². The molecule has 0 spiro atoms. The Labute approximate surface area is 222 Å². The number of carbonyl (C=O) groups excluding carboxylic acids is 1. The van der Waals surface area contributed by atoms with Crippen LogP contribution in [-0.4, -0.2) is 54.7 Å². The number of pyridine rings is 1. The second kappa shape index (κ2) is 10.6. The number of carbonyl (C=O) groups is 1. The van der Waals surface area contributed by atoms with Crippen molar-refractivity contribution in [3.8, 4) is 11.3 Å². The molecule has 3 aromatic carbocycles. The highest BCUT2D eigenvalue weighted by Gasteiger charge is 2.30. The van der Waals surface area contributed by atoms with Crippen molar-refractivity contribution in [2.45, 2.75) is 11.8 Å². The van der Waals surface area contributed by atoms with E-state index in [1.54, 1.807) is 41.3 Å². The van der Waals surface area contributed by atoms with Crippen LogP contribution in [0.25, 0.3) is 22.0 Å². The first kappa shape index (κ1) is 26.1. The summed E-state index contributed by atoms with van der Waals surface area (Å²) >= 11 is 6.03. The molecule has 1 fully saturated rings. The normalized spacial score (nSPS) is 14.4. The first-order valence-electron chi connectivity index (χ1n) is 11.3. The lowest BCUT2D eigenvalue weighted by Gasteiger charge is -2.34. The lowest BCUT2D eigenvalue weighted by molar-refractivity contribution is 0.0698. The number of hydrogen-bond acceptors (Lipinski definition) is 4. The maximum absolute atomic E-state index is 13.2. The summed E-state index contributed by atoms with van der Waals surface area (Å²) in [6.45, 7) is 3.11. The zero-order valence-corrected chi connectivity index (χ0v) is 22.0. The molecule has 36 heavy (non-hydrogen) atoms. The molecule has 4 aromatic rings. The molecule has 6 nitrogen and oxygen atoms in total. The highest BCUT2D eigenvalue weighted by molar-refractivity contribution is 7.89. The Morgan fingerprint density at radius 1 is 0.861 bits per heavy atom. The SMILES string of the molecule is Cc1cccc(-c2ccc(C(=O)N3CCN(S(=O)(=O)c4ccc5cc(Cl)ccc5c4)CC3)cc2)n1.Cl. The van der Waals surface area contributed by atoms with Gasteiger partial charge in [0.15, 0.2) is 0 Å². The van der Waals surface area contributed by atoms with Gasteiger partial charge in [-0.25, -0.2) is 8.42 Å². The molecule has 0 radical (unpaired) electrons. The number of aryl methyl sites for hydroxylation is 1. The van der Waals surface area contributed by atoms with Crippen molar-refractivity contribution in [3.63, 3.8) is 0 Å². The number of fused-ring (bicyclic) bond motifs is 1. The van der Waals surface area contributed by atoms with Crippen LogP contribution in [0.1, 0.15) is 16.1 Å². The molecule has 0 atom stereocenters. The smallest absolute Gasteiger partial charge is 0.253 e. The largest absolute Gasteiger partial charge is 0.336 e. The standard InChI is InChI=1S/C27H24ClN3O3S.ClH/c1-19-3-2-4-26(29-19)20-5-7-21(8-6-20)27(32)30-13-15-31(16-14-30)35(33,34)25-12-10-22-17-24(28)11-9-23(22)18-25;/h2-12,17-18H,13-16H2,1H3;1H. The number of rotatable bonds is 4. The molecule has 9 heteroatoms. The monoisotopic (exact) mass is 541 g/mol. The van der Waals surface area contributed by atoms with Crippen molar-refractivity contribution in [1.29, 1.82) is 0 Å². The van der Waals surface area contributed by atoms with Crippen LogP contribution in [-0.2, 0) is 10.0 Å². The molecule has 1 amide bonds. The van der Waals surface area contributed by atoms with Gasteiger partial charge >= 0.3 is 0 Å². The second-order valence-electron chi connectivity index (χ2n) is 8.59. The van der Waals surface area contributed by atoms with Crippen molar-refractivity contribution in [1.82, 2.24) is 14.2 Å². The molecule has 0 saturated carbocycles. The summed E-state index contributed by atoms with van der Waals surface area (Å²) in [6, 6.07) is 23.6. The molecule has 186 valence electrons.